The van der Waals surface area contributed by atoms with Crippen LogP contribution in [-0.4, -0.2) is 61.5 Å². The van der Waals surface area contributed by atoms with Crippen molar-refractivity contribution in [2.45, 2.75) is 51.6 Å². The van der Waals surface area contributed by atoms with E-state index in [2.05, 4.69) is 31.1 Å². The fourth-order valence-electron chi connectivity index (χ4n) is 3.47. The number of hydrogen-bond donors (Lipinski definition) is 1. The molecule has 19 heavy (non-hydrogen) atoms. The molecule has 0 aromatic carbocycles. The lowest BCUT2D eigenvalue weighted by Crippen LogP contribution is -2.59. The molecule has 2 atom stereocenters. The van der Waals surface area contributed by atoms with Crippen LogP contribution in [0.15, 0.2) is 0 Å². The van der Waals surface area contributed by atoms with Gasteiger partial charge >= 0.3 is 0 Å². The quantitative estimate of drug-likeness (QED) is 0.819. The first-order chi connectivity index (χ1) is 8.92. The summed E-state index contributed by atoms with van der Waals surface area (Å²) in [5.41, 5.74) is 0.0736. The molecular weight excluding hydrogens is 238 g/mol. The molecule has 0 aromatic rings. The second-order valence-electron chi connectivity index (χ2n) is 6.99. The van der Waals surface area contributed by atoms with E-state index in [0.29, 0.717) is 6.04 Å². The normalized spacial score (nSPS) is 32.0. The molecule has 2 unspecified atom stereocenters. The molecule has 1 N–H and O–H groups in total. The number of amides is 1. The van der Waals surface area contributed by atoms with E-state index in [0.717, 1.165) is 32.5 Å². The van der Waals surface area contributed by atoms with Crippen molar-refractivity contribution < 1.29 is 4.79 Å². The van der Waals surface area contributed by atoms with Crippen molar-refractivity contribution in [2.75, 3.05) is 33.7 Å². The summed E-state index contributed by atoms with van der Waals surface area (Å²) in [6, 6.07) is 0.365. The molecule has 2 heterocycles. The van der Waals surface area contributed by atoms with E-state index >= 15 is 0 Å². The number of carbonyl (C=O) groups is 1. The number of carbonyl (C=O) groups excluding carboxylic acids is 1. The van der Waals surface area contributed by atoms with Crippen molar-refractivity contribution in [2.24, 2.45) is 5.41 Å². The van der Waals surface area contributed by atoms with Crippen LogP contribution in [0.25, 0.3) is 0 Å². The van der Waals surface area contributed by atoms with Gasteiger partial charge in [-0.25, -0.2) is 0 Å². The number of hydrogen-bond acceptors (Lipinski definition) is 3. The molecule has 0 bridgehead atoms. The standard InChI is InChI=1S/C15H29N3O/c1-15(2)8-6-9-16-13(15)14(19)18(4)12-7-5-10-17(3)11-12/h12-13,16H,5-11H2,1-4H3. The van der Waals surface area contributed by atoms with Gasteiger partial charge in [0.2, 0.25) is 5.91 Å². The third-order valence-corrected chi connectivity index (χ3v) is 4.87. The zero-order valence-corrected chi connectivity index (χ0v) is 12.9. The Kier molecular flexibility index (Phi) is 4.51. The van der Waals surface area contributed by atoms with Crippen molar-refractivity contribution >= 4 is 5.91 Å². The number of likely N-dealkylation sites (tertiary alicyclic amines) is 1. The fraction of sp³-hybridized carbons (Fsp3) is 0.933. The van der Waals surface area contributed by atoms with Gasteiger partial charge in [0, 0.05) is 19.6 Å². The molecule has 4 nitrogen and oxygen atoms in total. The number of nitrogens with one attached hydrogen (secondary N) is 1. The van der Waals surface area contributed by atoms with Crippen molar-refractivity contribution in [3.05, 3.63) is 0 Å². The van der Waals surface area contributed by atoms with Crippen LogP contribution < -0.4 is 5.32 Å². The van der Waals surface area contributed by atoms with Crippen LogP contribution in [0.2, 0.25) is 0 Å². The van der Waals surface area contributed by atoms with Gasteiger partial charge in [0.25, 0.3) is 0 Å². The van der Waals surface area contributed by atoms with Crippen molar-refractivity contribution in [3.63, 3.8) is 0 Å². The minimum absolute atomic E-state index is 0.0153. The third kappa shape index (κ3) is 3.29. The monoisotopic (exact) mass is 267 g/mol. The van der Waals surface area contributed by atoms with Gasteiger partial charge in [-0.15, -0.1) is 0 Å². The van der Waals surface area contributed by atoms with Crippen molar-refractivity contribution in [1.29, 1.82) is 0 Å². The number of likely N-dealkylation sites (N-methyl/N-ethyl adjacent to an activating group) is 2. The topological polar surface area (TPSA) is 35.6 Å². The van der Waals surface area contributed by atoms with Crippen LogP contribution in [0.3, 0.4) is 0 Å². The summed E-state index contributed by atoms with van der Waals surface area (Å²) in [5.74, 6) is 0.282. The lowest BCUT2D eigenvalue weighted by molar-refractivity contribution is -0.139. The lowest BCUT2D eigenvalue weighted by atomic mass is 9.77. The highest BCUT2D eigenvalue weighted by Crippen LogP contribution is 2.31. The molecule has 4 heteroatoms. The molecule has 2 fully saturated rings. The van der Waals surface area contributed by atoms with Gasteiger partial charge in [-0.1, -0.05) is 13.8 Å². The largest absolute Gasteiger partial charge is 0.340 e. The second-order valence-corrected chi connectivity index (χ2v) is 6.99. The smallest absolute Gasteiger partial charge is 0.240 e. The Morgan fingerprint density at radius 2 is 2.11 bits per heavy atom. The maximum absolute atomic E-state index is 12.8. The first-order valence-electron chi connectivity index (χ1n) is 7.60. The van der Waals surface area contributed by atoms with Crippen molar-refractivity contribution in [1.82, 2.24) is 15.1 Å². The van der Waals surface area contributed by atoms with E-state index in [1.54, 1.807) is 0 Å². The van der Waals surface area contributed by atoms with Gasteiger partial charge in [0.1, 0.15) is 0 Å². The Morgan fingerprint density at radius 3 is 2.74 bits per heavy atom. The maximum atomic E-state index is 12.8. The molecule has 0 saturated carbocycles. The van der Waals surface area contributed by atoms with E-state index in [1.165, 1.54) is 12.8 Å². The van der Waals surface area contributed by atoms with Crippen LogP contribution in [-0.2, 0) is 4.79 Å². The van der Waals surface area contributed by atoms with Gasteiger partial charge < -0.3 is 15.1 Å². The van der Waals surface area contributed by atoms with E-state index in [4.69, 9.17) is 0 Å². The Morgan fingerprint density at radius 1 is 1.37 bits per heavy atom. The summed E-state index contributed by atoms with van der Waals surface area (Å²) in [6.07, 6.45) is 4.64. The zero-order valence-electron chi connectivity index (χ0n) is 12.9. The molecule has 2 aliphatic rings. The van der Waals surface area contributed by atoms with E-state index in [-0.39, 0.29) is 17.4 Å². The van der Waals surface area contributed by atoms with E-state index < -0.39 is 0 Å². The summed E-state index contributed by atoms with van der Waals surface area (Å²) >= 11 is 0. The number of piperidine rings is 2. The first kappa shape index (κ1) is 14.8. The fourth-order valence-corrected chi connectivity index (χ4v) is 3.47. The summed E-state index contributed by atoms with van der Waals surface area (Å²) in [6.45, 7) is 7.56. The predicted molar refractivity (Wildman–Crippen MR) is 78.1 cm³/mol. The van der Waals surface area contributed by atoms with Gasteiger partial charge in [0.05, 0.1) is 6.04 Å². The molecule has 0 radical (unpaired) electrons. The van der Waals surface area contributed by atoms with Gasteiger partial charge in [-0.3, -0.25) is 4.79 Å². The average Bonchev–Trinajstić information content (AvgIpc) is 2.36. The molecule has 0 aromatic heterocycles. The second kappa shape index (κ2) is 5.80. The van der Waals surface area contributed by atoms with Crippen LogP contribution >= 0.6 is 0 Å². The Hall–Kier alpha value is -0.610. The first-order valence-corrected chi connectivity index (χ1v) is 7.60. The molecule has 110 valence electrons. The lowest BCUT2D eigenvalue weighted by Gasteiger charge is -2.43. The Balaban J connectivity index is 2.01. The molecule has 2 aliphatic heterocycles. The van der Waals surface area contributed by atoms with Gasteiger partial charge in [-0.2, -0.15) is 0 Å². The zero-order chi connectivity index (χ0) is 14.0. The van der Waals surface area contributed by atoms with Crippen molar-refractivity contribution in [3.8, 4) is 0 Å². The third-order valence-electron chi connectivity index (χ3n) is 4.87. The average molecular weight is 267 g/mol. The van der Waals surface area contributed by atoms with Gasteiger partial charge in [-0.05, 0) is 51.2 Å². The highest BCUT2D eigenvalue weighted by molar-refractivity contribution is 5.83. The molecule has 1 amide bonds. The SMILES string of the molecule is CN1CCCC(N(C)C(=O)C2NCCCC2(C)C)C1. The molecular formula is C15H29N3O. The Bertz CT molecular complexity index is 329. The highest BCUT2D eigenvalue weighted by atomic mass is 16.2. The molecule has 0 spiro atoms. The molecule has 2 saturated heterocycles. The summed E-state index contributed by atoms with van der Waals surface area (Å²) in [5, 5.41) is 3.44. The molecule has 0 aliphatic carbocycles. The van der Waals surface area contributed by atoms with Crippen LogP contribution in [0.5, 0.6) is 0 Å². The van der Waals surface area contributed by atoms with Gasteiger partial charge in [0.15, 0.2) is 0 Å². The number of nitrogens with zero attached hydrogens (tertiary/aromatic N) is 2. The number of rotatable bonds is 2. The van der Waals surface area contributed by atoms with Crippen LogP contribution in [0.1, 0.15) is 39.5 Å². The molecule has 2 rings (SSSR count). The maximum Gasteiger partial charge on any atom is 0.240 e. The predicted octanol–water partition coefficient (Wildman–Crippen LogP) is 1.32. The van der Waals surface area contributed by atoms with Crippen LogP contribution in [0, 0.1) is 5.41 Å². The minimum atomic E-state index is -0.0153. The highest BCUT2D eigenvalue weighted by Gasteiger charge is 2.40. The summed E-state index contributed by atoms with van der Waals surface area (Å²) < 4.78 is 0. The van der Waals surface area contributed by atoms with Crippen LogP contribution in [0.4, 0.5) is 0 Å². The van der Waals surface area contributed by atoms with E-state index in [9.17, 15) is 4.79 Å². The minimum Gasteiger partial charge on any atom is -0.340 e. The summed E-state index contributed by atoms with van der Waals surface area (Å²) in [7, 11) is 4.13. The summed E-state index contributed by atoms with van der Waals surface area (Å²) in [4.78, 5) is 17.1. The Labute approximate surface area is 117 Å². The van der Waals surface area contributed by atoms with E-state index in [1.807, 2.05) is 11.9 Å².